The van der Waals surface area contributed by atoms with Crippen molar-refractivity contribution >= 4 is 28.1 Å². The topological polar surface area (TPSA) is 97.5 Å². The Morgan fingerprint density at radius 2 is 1.96 bits per heavy atom. The predicted molar refractivity (Wildman–Crippen MR) is 88.4 cm³/mol. The molecule has 0 bridgehead atoms. The van der Waals surface area contributed by atoms with Crippen molar-refractivity contribution < 1.29 is 22.3 Å². The summed E-state index contributed by atoms with van der Waals surface area (Å²) >= 11 is 0. The van der Waals surface area contributed by atoms with Gasteiger partial charge in [0.2, 0.25) is 0 Å². The number of anilines is 1. The number of benzene rings is 2. The number of rotatable bonds is 5. The highest BCUT2D eigenvalue weighted by molar-refractivity contribution is 5.84. The molecule has 0 spiro atoms. The predicted octanol–water partition coefficient (Wildman–Crippen LogP) is -0.0753. The lowest BCUT2D eigenvalue weighted by Gasteiger charge is -2.01. The van der Waals surface area contributed by atoms with Crippen molar-refractivity contribution in [2.24, 2.45) is 5.10 Å². The summed E-state index contributed by atoms with van der Waals surface area (Å²) in [5, 5.41) is 14.9. The van der Waals surface area contributed by atoms with Gasteiger partial charge in [0.1, 0.15) is 0 Å². The van der Waals surface area contributed by atoms with Crippen LogP contribution < -0.4 is 22.8 Å². The second kappa shape index (κ2) is 7.56. The van der Waals surface area contributed by atoms with Gasteiger partial charge in [-0.3, -0.25) is 15.5 Å². The molecule has 0 aliphatic heterocycles. The van der Waals surface area contributed by atoms with Gasteiger partial charge in [0.05, 0.1) is 17.0 Å². The van der Waals surface area contributed by atoms with Crippen LogP contribution in [0.3, 0.4) is 0 Å². The SMILES string of the molecule is C/C(Cc1[nH]c2ccccc2[nH+]1)=N\Nc1ccc([N+](=O)[O-])cc1.[Cl-]. The minimum Gasteiger partial charge on any atom is -1.00 e. The minimum atomic E-state index is -0.427. The number of H-pyrrole nitrogens is 2. The van der Waals surface area contributed by atoms with Crippen molar-refractivity contribution in [3.8, 4) is 0 Å². The second-order valence-electron chi connectivity index (χ2n) is 5.21. The first-order chi connectivity index (χ1) is 11.1. The van der Waals surface area contributed by atoms with Crippen LogP contribution in [0.2, 0.25) is 0 Å². The third-order valence-electron chi connectivity index (χ3n) is 3.38. The number of non-ortho nitro benzene ring substituents is 1. The fraction of sp³-hybridized carbons (Fsp3) is 0.125. The summed E-state index contributed by atoms with van der Waals surface area (Å²) in [6.45, 7) is 1.91. The van der Waals surface area contributed by atoms with Crippen LogP contribution in [-0.2, 0) is 6.42 Å². The number of nitrogens with one attached hydrogen (secondary N) is 3. The fourth-order valence-electron chi connectivity index (χ4n) is 2.26. The van der Waals surface area contributed by atoms with Crippen LogP contribution in [0.4, 0.5) is 11.4 Å². The molecule has 24 heavy (non-hydrogen) atoms. The Bertz CT molecular complexity index is 841. The van der Waals surface area contributed by atoms with E-state index in [1.807, 2.05) is 31.2 Å². The molecule has 7 nitrogen and oxygen atoms in total. The molecule has 3 aromatic rings. The van der Waals surface area contributed by atoms with Crippen molar-refractivity contribution in [3.63, 3.8) is 0 Å². The van der Waals surface area contributed by atoms with E-state index < -0.39 is 4.92 Å². The molecule has 3 rings (SSSR count). The van der Waals surface area contributed by atoms with Gasteiger partial charge in [-0.2, -0.15) is 5.10 Å². The Hall–Kier alpha value is -2.93. The number of imidazole rings is 1. The van der Waals surface area contributed by atoms with Crippen molar-refractivity contribution in [2.45, 2.75) is 13.3 Å². The molecule has 0 saturated heterocycles. The van der Waals surface area contributed by atoms with Crippen LogP contribution in [0.5, 0.6) is 0 Å². The van der Waals surface area contributed by atoms with Crippen molar-refractivity contribution in [3.05, 3.63) is 64.5 Å². The molecule has 1 heterocycles. The molecule has 1 aromatic heterocycles. The van der Waals surface area contributed by atoms with Crippen LogP contribution in [0, 0.1) is 10.1 Å². The van der Waals surface area contributed by atoms with E-state index >= 15 is 0 Å². The zero-order chi connectivity index (χ0) is 16.2. The molecule has 0 unspecified atom stereocenters. The van der Waals surface area contributed by atoms with E-state index in [2.05, 4.69) is 20.5 Å². The normalized spacial score (nSPS) is 11.1. The number of halogens is 1. The Labute approximate surface area is 144 Å². The van der Waals surface area contributed by atoms with Crippen LogP contribution in [0.1, 0.15) is 12.7 Å². The number of nitro benzene ring substituents is 1. The first kappa shape index (κ1) is 17.4. The van der Waals surface area contributed by atoms with Gasteiger partial charge >= 0.3 is 0 Å². The number of hydrazone groups is 1. The Kier molecular flexibility index (Phi) is 5.49. The van der Waals surface area contributed by atoms with Gasteiger partial charge < -0.3 is 12.4 Å². The molecule has 0 saturated carbocycles. The second-order valence-corrected chi connectivity index (χ2v) is 5.21. The van der Waals surface area contributed by atoms with Crippen LogP contribution in [0.25, 0.3) is 11.0 Å². The molecule has 0 aliphatic carbocycles. The summed E-state index contributed by atoms with van der Waals surface area (Å²) < 4.78 is 0. The molecular formula is C16H16ClN5O2. The molecular weight excluding hydrogens is 330 g/mol. The van der Waals surface area contributed by atoms with Gasteiger partial charge in [0.15, 0.2) is 11.0 Å². The number of nitrogens with zero attached hydrogens (tertiary/aromatic N) is 2. The van der Waals surface area contributed by atoms with Crippen LogP contribution in [-0.4, -0.2) is 15.6 Å². The van der Waals surface area contributed by atoms with E-state index in [1.165, 1.54) is 12.1 Å². The molecule has 124 valence electrons. The van der Waals surface area contributed by atoms with Crippen LogP contribution >= 0.6 is 0 Å². The number of nitro groups is 1. The number of hydrogen-bond donors (Lipinski definition) is 2. The summed E-state index contributed by atoms with van der Waals surface area (Å²) in [6, 6.07) is 14.1. The van der Waals surface area contributed by atoms with E-state index in [-0.39, 0.29) is 18.1 Å². The highest BCUT2D eigenvalue weighted by atomic mass is 35.5. The first-order valence-electron chi connectivity index (χ1n) is 7.14. The van der Waals surface area contributed by atoms with E-state index in [4.69, 9.17) is 0 Å². The molecule has 2 aromatic carbocycles. The third-order valence-corrected chi connectivity index (χ3v) is 3.38. The van der Waals surface area contributed by atoms with Gasteiger partial charge in [-0.25, -0.2) is 9.97 Å². The van der Waals surface area contributed by atoms with Crippen molar-refractivity contribution in [1.82, 2.24) is 4.98 Å². The van der Waals surface area contributed by atoms with Gasteiger partial charge in [-0.1, -0.05) is 12.1 Å². The lowest BCUT2D eigenvalue weighted by molar-refractivity contribution is -0.384. The van der Waals surface area contributed by atoms with Crippen molar-refractivity contribution in [2.75, 3.05) is 5.43 Å². The lowest BCUT2D eigenvalue weighted by atomic mass is 10.3. The van der Waals surface area contributed by atoms with Crippen molar-refractivity contribution in [1.29, 1.82) is 0 Å². The summed E-state index contributed by atoms with van der Waals surface area (Å²) in [6.07, 6.45) is 0.647. The van der Waals surface area contributed by atoms with Gasteiger partial charge in [-0.15, -0.1) is 0 Å². The summed E-state index contributed by atoms with van der Waals surface area (Å²) in [4.78, 5) is 16.8. The smallest absolute Gasteiger partial charge is 0.269 e. The van der Waals surface area contributed by atoms with Crippen LogP contribution in [0.15, 0.2) is 53.6 Å². The molecule has 0 amide bonds. The highest BCUT2D eigenvalue weighted by Gasteiger charge is 2.10. The first-order valence-corrected chi connectivity index (χ1v) is 7.14. The molecule has 0 atom stereocenters. The van der Waals surface area contributed by atoms with Gasteiger partial charge in [-0.05, 0) is 31.2 Å². The number of para-hydroxylation sites is 2. The average molecular weight is 346 g/mol. The Morgan fingerprint density at radius 3 is 2.62 bits per heavy atom. The van der Waals surface area contributed by atoms with E-state index in [0.29, 0.717) is 12.1 Å². The van der Waals surface area contributed by atoms with E-state index in [9.17, 15) is 10.1 Å². The zero-order valence-corrected chi connectivity index (χ0v) is 13.7. The zero-order valence-electron chi connectivity index (χ0n) is 12.9. The monoisotopic (exact) mass is 345 g/mol. The Morgan fingerprint density at radius 1 is 1.25 bits per heavy atom. The summed E-state index contributed by atoms with van der Waals surface area (Å²) in [5.41, 5.74) is 6.65. The molecule has 0 radical (unpaired) electrons. The summed E-state index contributed by atoms with van der Waals surface area (Å²) in [5.74, 6) is 0.970. The minimum absolute atomic E-state index is 0. The number of aromatic amines is 2. The standard InChI is InChI=1S/C16H15N5O2.ClH/c1-11(10-16-17-14-4-2-3-5-15(14)18-16)19-20-12-6-8-13(9-7-12)21(22)23;/h2-9,20H,10H2,1H3,(H,17,18);1H/b19-11+;. The Balaban J connectivity index is 0.00000208. The maximum absolute atomic E-state index is 10.6. The lowest BCUT2D eigenvalue weighted by Crippen LogP contribution is -3.00. The largest absolute Gasteiger partial charge is 1.00 e. The molecule has 8 heteroatoms. The molecule has 0 aliphatic rings. The van der Waals surface area contributed by atoms with Gasteiger partial charge in [0, 0.05) is 17.8 Å². The number of fused-ring (bicyclic) bond motifs is 1. The maximum atomic E-state index is 10.6. The molecule has 0 fully saturated rings. The fourth-order valence-corrected chi connectivity index (χ4v) is 2.26. The van der Waals surface area contributed by atoms with Gasteiger partial charge in [0.25, 0.3) is 11.5 Å². The average Bonchev–Trinajstić information content (AvgIpc) is 2.95. The summed E-state index contributed by atoms with van der Waals surface area (Å²) in [7, 11) is 0. The number of hydrogen-bond acceptors (Lipinski definition) is 4. The highest BCUT2D eigenvalue weighted by Crippen LogP contribution is 2.15. The maximum Gasteiger partial charge on any atom is 0.269 e. The molecule has 3 N–H and O–H groups in total. The number of aromatic nitrogens is 2. The third kappa shape index (κ3) is 4.08. The van der Waals surface area contributed by atoms with E-state index in [1.54, 1.807) is 12.1 Å². The van der Waals surface area contributed by atoms with E-state index in [0.717, 1.165) is 22.6 Å². The quantitative estimate of drug-likeness (QED) is 0.384.